The first kappa shape index (κ1) is 10.6. The number of azide groups is 1. The lowest BCUT2D eigenvalue weighted by molar-refractivity contribution is 0.642. The van der Waals surface area contributed by atoms with Gasteiger partial charge in [0.15, 0.2) is 0 Å². The third kappa shape index (κ3) is 1.88. The molecule has 1 aliphatic carbocycles. The van der Waals surface area contributed by atoms with Gasteiger partial charge in [0.25, 0.3) is 0 Å². The molecule has 0 saturated heterocycles. The highest BCUT2D eigenvalue weighted by molar-refractivity contribution is 5.31. The first-order chi connectivity index (χ1) is 7.86. The van der Waals surface area contributed by atoms with Crippen LogP contribution in [0.25, 0.3) is 10.4 Å². The molecule has 0 aromatic carbocycles. The maximum Gasteiger partial charge on any atom is 0.102 e. The molecule has 0 bridgehead atoms. The van der Waals surface area contributed by atoms with Crippen LogP contribution >= 0.6 is 0 Å². The van der Waals surface area contributed by atoms with Gasteiger partial charge in [-0.1, -0.05) is 11.0 Å². The molecule has 1 aromatic rings. The second kappa shape index (κ2) is 4.73. The molecule has 0 atom stereocenters. The molecular formula is C11H13N5. The number of hydrogen-bond donors (Lipinski definition) is 0. The summed E-state index contributed by atoms with van der Waals surface area (Å²) in [6.07, 6.45) is 9.33. The van der Waals surface area contributed by atoms with Crippen LogP contribution in [0.5, 0.6) is 0 Å². The van der Waals surface area contributed by atoms with Crippen molar-refractivity contribution in [3.05, 3.63) is 27.4 Å². The van der Waals surface area contributed by atoms with E-state index in [-0.39, 0.29) is 0 Å². The summed E-state index contributed by atoms with van der Waals surface area (Å²) in [6, 6.07) is 0. The lowest BCUT2D eigenvalue weighted by Crippen LogP contribution is -2.07. The Bertz CT molecular complexity index is 473. The van der Waals surface area contributed by atoms with Crippen LogP contribution in [0.3, 0.4) is 0 Å². The molecule has 0 amide bonds. The Hall–Kier alpha value is -1.92. The van der Waals surface area contributed by atoms with Gasteiger partial charge in [-0.3, -0.25) is 4.68 Å². The van der Waals surface area contributed by atoms with Crippen molar-refractivity contribution >= 4 is 0 Å². The molecule has 1 aromatic heterocycles. The zero-order valence-corrected chi connectivity index (χ0v) is 9.06. The highest BCUT2D eigenvalue weighted by Gasteiger charge is 2.20. The van der Waals surface area contributed by atoms with Crippen molar-refractivity contribution in [2.75, 3.05) is 6.54 Å². The van der Waals surface area contributed by atoms with Crippen molar-refractivity contribution in [1.29, 1.82) is 0 Å². The smallest absolute Gasteiger partial charge is 0.102 e. The van der Waals surface area contributed by atoms with Crippen molar-refractivity contribution in [2.45, 2.75) is 32.2 Å². The number of hydrogen-bond acceptors (Lipinski definition) is 2. The zero-order chi connectivity index (χ0) is 11.4. The minimum absolute atomic E-state index is 0.471. The van der Waals surface area contributed by atoms with E-state index in [9.17, 15) is 0 Å². The molecule has 0 saturated carbocycles. The van der Waals surface area contributed by atoms with E-state index >= 15 is 0 Å². The van der Waals surface area contributed by atoms with Crippen LogP contribution in [0.4, 0.5) is 0 Å². The minimum Gasteiger partial charge on any atom is -0.257 e. The van der Waals surface area contributed by atoms with Crippen LogP contribution < -0.4 is 0 Å². The summed E-state index contributed by atoms with van der Waals surface area (Å²) in [5, 5.41) is 8.06. The topological polar surface area (TPSA) is 66.6 Å². The zero-order valence-electron chi connectivity index (χ0n) is 9.06. The maximum absolute atomic E-state index is 8.26. The molecule has 82 valence electrons. The average Bonchev–Trinajstić information content (AvgIpc) is 2.82. The van der Waals surface area contributed by atoms with E-state index in [1.54, 1.807) is 0 Å². The predicted molar refractivity (Wildman–Crippen MR) is 60.8 cm³/mol. The molecule has 5 heteroatoms. The van der Waals surface area contributed by atoms with Crippen LogP contribution in [-0.2, 0) is 25.8 Å². The molecule has 0 aliphatic heterocycles. The van der Waals surface area contributed by atoms with E-state index in [0.717, 1.165) is 25.0 Å². The molecule has 1 aliphatic rings. The summed E-state index contributed by atoms with van der Waals surface area (Å²) < 4.78 is 1.87. The van der Waals surface area contributed by atoms with Crippen molar-refractivity contribution in [2.24, 2.45) is 5.11 Å². The van der Waals surface area contributed by atoms with Crippen molar-refractivity contribution in [1.82, 2.24) is 9.78 Å². The van der Waals surface area contributed by atoms with Gasteiger partial charge < -0.3 is 0 Å². The molecule has 1 heterocycles. The third-order valence-electron chi connectivity index (χ3n) is 2.84. The Morgan fingerprint density at radius 2 is 2.44 bits per heavy atom. The predicted octanol–water partition coefficient (Wildman–Crippen LogP) is 1.86. The van der Waals surface area contributed by atoms with Gasteiger partial charge in [0.1, 0.15) is 6.54 Å². The van der Waals surface area contributed by atoms with Gasteiger partial charge in [-0.05, 0) is 36.8 Å². The fourth-order valence-corrected chi connectivity index (χ4v) is 2.21. The highest BCUT2D eigenvalue weighted by Crippen LogP contribution is 2.25. The maximum atomic E-state index is 8.26. The largest absolute Gasteiger partial charge is 0.257 e. The van der Waals surface area contributed by atoms with Gasteiger partial charge in [-0.25, -0.2) is 0 Å². The molecule has 0 radical (unpaired) electrons. The lowest BCUT2D eigenvalue weighted by atomic mass is 10.1. The van der Waals surface area contributed by atoms with Crippen LogP contribution in [0.15, 0.2) is 5.11 Å². The fourth-order valence-electron chi connectivity index (χ4n) is 2.21. The first-order valence-electron chi connectivity index (χ1n) is 5.38. The van der Waals surface area contributed by atoms with Gasteiger partial charge in [-0.2, -0.15) is 5.10 Å². The third-order valence-corrected chi connectivity index (χ3v) is 2.84. The molecule has 0 unspecified atom stereocenters. The second-order valence-corrected chi connectivity index (χ2v) is 3.79. The summed E-state index contributed by atoms with van der Waals surface area (Å²) >= 11 is 0. The summed E-state index contributed by atoms with van der Waals surface area (Å²) in [6.45, 7) is 0.970. The van der Waals surface area contributed by atoms with Gasteiger partial charge >= 0.3 is 0 Å². The number of fused-ring (bicyclic) bond motifs is 1. The van der Waals surface area contributed by atoms with E-state index in [1.165, 1.54) is 17.7 Å². The van der Waals surface area contributed by atoms with Gasteiger partial charge in [0.05, 0.1) is 5.69 Å². The second-order valence-electron chi connectivity index (χ2n) is 3.79. The van der Waals surface area contributed by atoms with Crippen LogP contribution in [0, 0.1) is 12.3 Å². The number of aromatic nitrogens is 2. The standard InChI is InChI=1S/C11H13N5/c1-2-8-16-11(6-7-13-15-12)9-4-3-5-10(9)14-16/h1H,3-8H2. The number of terminal acetylenes is 1. The number of nitrogens with zero attached hydrogens (tertiary/aromatic N) is 5. The summed E-state index contributed by atoms with van der Waals surface area (Å²) in [5.41, 5.74) is 11.9. The van der Waals surface area contributed by atoms with Gasteiger partial charge in [-0.15, -0.1) is 6.42 Å². The number of rotatable bonds is 4. The Kier molecular flexibility index (Phi) is 3.13. The summed E-state index contributed by atoms with van der Waals surface area (Å²) in [5.74, 6) is 2.60. The minimum atomic E-state index is 0.471. The summed E-state index contributed by atoms with van der Waals surface area (Å²) in [4.78, 5) is 2.76. The van der Waals surface area contributed by atoms with E-state index in [0.29, 0.717) is 13.1 Å². The molecule has 16 heavy (non-hydrogen) atoms. The monoisotopic (exact) mass is 215 g/mol. The Morgan fingerprint density at radius 1 is 1.56 bits per heavy atom. The molecule has 0 fully saturated rings. The van der Waals surface area contributed by atoms with Crippen molar-refractivity contribution in [3.8, 4) is 12.3 Å². The van der Waals surface area contributed by atoms with Crippen LogP contribution in [0.2, 0.25) is 0 Å². The summed E-state index contributed by atoms with van der Waals surface area (Å²) in [7, 11) is 0. The molecule has 2 rings (SSSR count). The number of aryl methyl sites for hydroxylation is 1. The first-order valence-corrected chi connectivity index (χ1v) is 5.38. The Morgan fingerprint density at radius 3 is 3.19 bits per heavy atom. The lowest BCUT2D eigenvalue weighted by Gasteiger charge is -2.04. The van der Waals surface area contributed by atoms with Gasteiger partial charge in [0, 0.05) is 17.2 Å². The fraction of sp³-hybridized carbons (Fsp3) is 0.545. The Balaban J connectivity index is 2.25. The van der Waals surface area contributed by atoms with Gasteiger partial charge in [0.2, 0.25) is 0 Å². The van der Waals surface area contributed by atoms with E-state index in [1.807, 2.05) is 4.68 Å². The van der Waals surface area contributed by atoms with E-state index < -0.39 is 0 Å². The van der Waals surface area contributed by atoms with E-state index in [2.05, 4.69) is 21.0 Å². The quantitative estimate of drug-likeness (QED) is 0.327. The normalized spacial score (nSPS) is 12.9. The highest BCUT2D eigenvalue weighted by atomic mass is 15.3. The molecule has 0 spiro atoms. The Labute approximate surface area is 94.1 Å². The molecule has 5 nitrogen and oxygen atoms in total. The van der Waals surface area contributed by atoms with Crippen LogP contribution in [0.1, 0.15) is 23.4 Å². The van der Waals surface area contributed by atoms with Crippen molar-refractivity contribution < 1.29 is 0 Å². The van der Waals surface area contributed by atoms with Crippen LogP contribution in [-0.4, -0.2) is 16.3 Å². The van der Waals surface area contributed by atoms with E-state index in [4.69, 9.17) is 12.0 Å². The van der Waals surface area contributed by atoms with Crippen molar-refractivity contribution in [3.63, 3.8) is 0 Å². The SMILES string of the molecule is C#CCn1nc2c(c1CCN=[N+]=[N-])CCC2. The molecular weight excluding hydrogens is 202 g/mol. The molecule has 0 N–H and O–H groups in total. The average molecular weight is 215 g/mol.